The number of carbonyl (C=O) groups is 1. The van der Waals surface area contributed by atoms with Gasteiger partial charge < -0.3 is 19.1 Å². The van der Waals surface area contributed by atoms with Crippen LogP contribution < -0.4 is 9.47 Å². The summed E-state index contributed by atoms with van der Waals surface area (Å²) in [4.78, 5) is 13.8. The lowest BCUT2D eigenvalue weighted by atomic mass is 9.99. The van der Waals surface area contributed by atoms with Crippen molar-refractivity contribution in [2.75, 3.05) is 46.6 Å². The van der Waals surface area contributed by atoms with Crippen molar-refractivity contribution in [3.63, 3.8) is 0 Å². The predicted octanol–water partition coefficient (Wildman–Crippen LogP) is 3.03. The number of carbonyl (C=O) groups excluding carboxylic acids is 1. The first-order valence-electron chi connectivity index (χ1n) is 8.72. The molecule has 1 saturated heterocycles. The Morgan fingerprint density at radius 3 is 2.58 bits per heavy atom. The molecule has 5 heteroatoms. The maximum absolute atomic E-state index is 11.4. The Hall–Kier alpha value is -1.59. The van der Waals surface area contributed by atoms with Gasteiger partial charge in [-0.05, 0) is 57.0 Å². The van der Waals surface area contributed by atoms with E-state index >= 15 is 0 Å². The molecule has 5 nitrogen and oxygen atoms in total. The molecule has 0 unspecified atom stereocenters. The van der Waals surface area contributed by atoms with Crippen LogP contribution in [-0.2, 0) is 4.74 Å². The van der Waals surface area contributed by atoms with E-state index in [0.717, 1.165) is 19.1 Å². The van der Waals surface area contributed by atoms with Crippen molar-refractivity contribution in [1.82, 2.24) is 4.90 Å². The summed E-state index contributed by atoms with van der Waals surface area (Å²) in [7, 11) is 1.57. The Bertz CT molecular complexity index is 524. The molecule has 24 heavy (non-hydrogen) atoms. The van der Waals surface area contributed by atoms with Gasteiger partial charge in [0, 0.05) is 12.1 Å². The highest BCUT2D eigenvalue weighted by Crippen LogP contribution is 2.28. The monoisotopic (exact) mass is 335 g/mol. The summed E-state index contributed by atoms with van der Waals surface area (Å²) in [6.07, 6.45) is 2.58. The molecule has 1 aromatic carbocycles. The van der Waals surface area contributed by atoms with Crippen molar-refractivity contribution in [1.29, 1.82) is 0 Å². The quantitative estimate of drug-likeness (QED) is 0.513. The fraction of sp³-hybridized carbons (Fsp3) is 0.632. The van der Waals surface area contributed by atoms with Gasteiger partial charge >= 0.3 is 0 Å². The van der Waals surface area contributed by atoms with Gasteiger partial charge in [0.1, 0.15) is 6.61 Å². The summed E-state index contributed by atoms with van der Waals surface area (Å²) in [6.45, 7) is 8.95. The number of likely N-dealkylation sites (tertiary alicyclic amines) is 1. The third-order valence-electron chi connectivity index (χ3n) is 4.48. The molecule has 0 aliphatic carbocycles. The zero-order valence-corrected chi connectivity index (χ0v) is 15.0. The normalized spacial score (nSPS) is 16.1. The summed E-state index contributed by atoms with van der Waals surface area (Å²) in [6, 6.07) is 5.22. The Kier molecular flexibility index (Phi) is 7.53. The minimum atomic E-state index is 0.00953. The van der Waals surface area contributed by atoms with Gasteiger partial charge in [-0.2, -0.15) is 0 Å². The van der Waals surface area contributed by atoms with Crippen LogP contribution in [0.25, 0.3) is 0 Å². The number of piperidine rings is 1. The Balaban J connectivity index is 1.64. The summed E-state index contributed by atoms with van der Waals surface area (Å²) < 4.78 is 16.6. The van der Waals surface area contributed by atoms with E-state index in [1.165, 1.54) is 32.9 Å². The van der Waals surface area contributed by atoms with E-state index in [2.05, 4.69) is 11.8 Å². The van der Waals surface area contributed by atoms with E-state index in [1.54, 1.807) is 25.3 Å². The zero-order chi connectivity index (χ0) is 17.4. The van der Waals surface area contributed by atoms with E-state index in [0.29, 0.717) is 30.3 Å². The van der Waals surface area contributed by atoms with Gasteiger partial charge in [-0.3, -0.25) is 4.79 Å². The maximum atomic E-state index is 11.4. The van der Waals surface area contributed by atoms with E-state index in [9.17, 15) is 4.79 Å². The number of nitrogens with zero attached hydrogens (tertiary/aromatic N) is 1. The second-order valence-electron chi connectivity index (χ2n) is 6.41. The Labute approximate surface area is 144 Å². The fourth-order valence-corrected chi connectivity index (χ4v) is 2.80. The highest BCUT2D eigenvalue weighted by molar-refractivity contribution is 5.94. The molecule has 1 heterocycles. The van der Waals surface area contributed by atoms with Crippen molar-refractivity contribution in [3.8, 4) is 11.5 Å². The molecule has 0 amide bonds. The number of methoxy groups -OCH3 is 1. The molecule has 1 aliphatic heterocycles. The van der Waals surface area contributed by atoms with Crippen LogP contribution in [0, 0.1) is 5.92 Å². The zero-order valence-electron chi connectivity index (χ0n) is 15.0. The van der Waals surface area contributed by atoms with Crippen LogP contribution in [0.1, 0.15) is 37.0 Å². The number of Topliss-reactive ketones (excluding diaryl/α,β-unsaturated/α-hetero) is 1. The summed E-state index contributed by atoms with van der Waals surface area (Å²) in [5.74, 6) is 2.08. The lowest BCUT2D eigenvalue weighted by molar-refractivity contribution is 0.0703. The van der Waals surface area contributed by atoms with Gasteiger partial charge in [0.05, 0.1) is 20.3 Å². The minimum Gasteiger partial charge on any atom is -0.493 e. The van der Waals surface area contributed by atoms with Crippen molar-refractivity contribution in [2.24, 2.45) is 5.92 Å². The topological polar surface area (TPSA) is 48.0 Å². The van der Waals surface area contributed by atoms with Gasteiger partial charge in [0.2, 0.25) is 0 Å². The van der Waals surface area contributed by atoms with E-state index in [-0.39, 0.29) is 5.78 Å². The lowest BCUT2D eigenvalue weighted by Crippen LogP contribution is -2.35. The third kappa shape index (κ3) is 5.80. The highest BCUT2D eigenvalue weighted by Gasteiger charge is 2.14. The second kappa shape index (κ2) is 9.64. The first-order chi connectivity index (χ1) is 11.6. The van der Waals surface area contributed by atoms with Crippen molar-refractivity contribution >= 4 is 5.78 Å². The number of ether oxygens (including phenoxy) is 3. The molecule has 0 saturated carbocycles. The molecule has 1 aromatic rings. The molecule has 134 valence electrons. The first-order valence-corrected chi connectivity index (χ1v) is 8.72. The lowest BCUT2D eigenvalue weighted by Gasteiger charge is -2.29. The van der Waals surface area contributed by atoms with Crippen molar-refractivity contribution in [2.45, 2.75) is 26.7 Å². The SMILES string of the molecule is COc1cc(C(C)=O)ccc1OCCOCCN1CCC(C)CC1. The van der Waals surface area contributed by atoms with Crippen LogP contribution in [0.4, 0.5) is 0 Å². The molecule has 0 bridgehead atoms. The Morgan fingerprint density at radius 2 is 1.92 bits per heavy atom. The van der Waals surface area contributed by atoms with E-state index < -0.39 is 0 Å². The maximum Gasteiger partial charge on any atom is 0.161 e. The molecule has 0 N–H and O–H groups in total. The fourth-order valence-electron chi connectivity index (χ4n) is 2.80. The molecule has 0 aromatic heterocycles. The van der Waals surface area contributed by atoms with Gasteiger partial charge in [-0.25, -0.2) is 0 Å². The predicted molar refractivity (Wildman–Crippen MR) is 94.2 cm³/mol. The average Bonchev–Trinajstić information content (AvgIpc) is 2.59. The summed E-state index contributed by atoms with van der Waals surface area (Å²) in [5.41, 5.74) is 0.617. The van der Waals surface area contributed by atoms with Crippen LogP contribution >= 0.6 is 0 Å². The smallest absolute Gasteiger partial charge is 0.161 e. The van der Waals surface area contributed by atoms with Crippen molar-refractivity contribution in [3.05, 3.63) is 23.8 Å². The number of benzene rings is 1. The van der Waals surface area contributed by atoms with E-state index in [1.807, 2.05) is 0 Å². The van der Waals surface area contributed by atoms with Crippen LogP contribution in [-0.4, -0.2) is 57.2 Å². The standard InChI is InChI=1S/C19H29NO4/c1-15-6-8-20(9-7-15)10-11-23-12-13-24-18-5-4-17(16(2)21)14-19(18)22-3/h4-5,14-15H,6-13H2,1-3H3. The van der Waals surface area contributed by atoms with Gasteiger partial charge in [-0.15, -0.1) is 0 Å². The number of ketones is 1. The molecule has 2 rings (SSSR count). The van der Waals surface area contributed by atoms with Gasteiger partial charge in [-0.1, -0.05) is 6.92 Å². The summed E-state index contributed by atoms with van der Waals surface area (Å²) in [5, 5.41) is 0. The average molecular weight is 335 g/mol. The number of hydrogen-bond donors (Lipinski definition) is 0. The molecular formula is C19H29NO4. The largest absolute Gasteiger partial charge is 0.493 e. The molecular weight excluding hydrogens is 306 g/mol. The molecule has 1 fully saturated rings. The first kappa shape index (κ1) is 18.7. The molecule has 0 atom stereocenters. The van der Waals surface area contributed by atoms with Crippen LogP contribution in [0.3, 0.4) is 0 Å². The van der Waals surface area contributed by atoms with E-state index in [4.69, 9.17) is 14.2 Å². The van der Waals surface area contributed by atoms with Crippen LogP contribution in [0.15, 0.2) is 18.2 Å². The third-order valence-corrected chi connectivity index (χ3v) is 4.48. The number of rotatable bonds is 9. The minimum absolute atomic E-state index is 0.00953. The highest BCUT2D eigenvalue weighted by atomic mass is 16.5. The van der Waals surface area contributed by atoms with Crippen molar-refractivity contribution < 1.29 is 19.0 Å². The molecule has 0 spiro atoms. The van der Waals surface area contributed by atoms with Crippen LogP contribution in [0.2, 0.25) is 0 Å². The molecule has 0 radical (unpaired) electrons. The number of hydrogen-bond acceptors (Lipinski definition) is 5. The summed E-state index contributed by atoms with van der Waals surface area (Å²) >= 11 is 0. The second-order valence-corrected chi connectivity index (χ2v) is 6.41. The van der Waals surface area contributed by atoms with Gasteiger partial charge in [0.25, 0.3) is 0 Å². The van der Waals surface area contributed by atoms with Crippen LogP contribution in [0.5, 0.6) is 11.5 Å². The van der Waals surface area contributed by atoms with Gasteiger partial charge in [0.15, 0.2) is 17.3 Å². The molecule has 1 aliphatic rings. The Morgan fingerprint density at radius 1 is 1.17 bits per heavy atom.